The van der Waals surface area contributed by atoms with Gasteiger partial charge >= 0.3 is 6.18 Å². The molecule has 2 aromatic heterocycles. The van der Waals surface area contributed by atoms with Gasteiger partial charge < -0.3 is 4.42 Å². The van der Waals surface area contributed by atoms with E-state index in [1.54, 1.807) is 6.07 Å². The minimum absolute atomic E-state index is 0.0302. The maximum atomic E-state index is 14.4. The van der Waals surface area contributed by atoms with Crippen molar-refractivity contribution in [3.05, 3.63) is 71.7 Å². The number of oxazole rings is 1. The van der Waals surface area contributed by atoms with Crippen molar-refractivity contribution >= 4 is 21.4 Å². The summed E-state index contributed by atoms with van der Waals surface area (Å²) in [6, 6.07) is 8.21. The van der Waals surface area contributed by atoms with Crippen molar-refractivity contribution in [1.29, 1.82) is 0 Å². The molecule has 0 bridgehead atoms. The molecule has 0 aliphatic rings. The topological polar surface area (TPSA) is 78.0 Å². The molecule has 0 spiro atoms. The highest BCUT2D eigenvalue weighted by Crippen LogP contribution is 2.36. The number of nitrogens with zero attached hydrogens (tertiary/aromatic N) is 3. The summed E-state index contributed by atoms with van der Waals surface area (Å²) in [7, 11) is -3.86. The van der Waals surface area contributed by atoms with E-state index in [4.69, 9.17) is 16.0 Å². The van der Waals surface area contributed by atoms with Crippen LogP contribution in [0.1, 0.15) is 5.69 Å². The third-order valence-electron chi connectivity index (χ3n) is 4.53. The first-order chi connectivity index (χ1) is 14.9. The van der Waals surface area contributed by atoms with Crippen LogP contribution in [-0.2, 0) is 16.0 Å². The summed E-state index contributed by atoms with van der Waals surface area (Å²) in [5.41, 5.74) is -0.150. The van der Waals surface area contributed by atoms with Crippen LogP contribution in [0.5, 0.6) is 0 Å². The first-order valence-electron chi connectivity index (χ1n) is 8.81. The lowest BCUT2D eigenvalue weighted by atomic mass is 10.1. The van der Waals surface area contributed by atoms with Gasteiger partial charge in [-0.2, -0.15) is 18.3 Å². The van der Waals surface area contributed by atoms with Crippen LogP contribution >= 0.6 is 11.6 Å². The maximum absolute atomic E-state index is 14.4. The molecule has 0 aliphatic carbocycles. The molecule has 4 aromatic rings. The van der Waals surface area contributed by atoms with Gasteiger partial charge in [0, 0.05) is 23.4 Å². The fraction of sp³-hybridized carbons (Fsp3) is 0.100. The van der Waals surface area contributed by atoms with E-state index in [1.807, 2.05) is 0 Å². The molecule has 0 atom stereocenters. The van der Waals surface area contributed by atoms with Gasteiger partial charge in [-0.1, -0.05) is 23.7 Å². The standard InChI is InChI=1S/C20H12ClF4N3O3S/c1-32(29,30)18-5-3-12(7-15(18)22)28-17(8-19(27-28)20(23,24)25)11-2-4-13(14(21)6-11)16-9-31-10-26-16/h2-10H,1H3. The quantitative estimate of drug-likeness (QED) is 0.361. The predicted molar refractivity (Wildman–Crippen MR) is 108 cm³/mol. The van der Waals surface area contributed by atoms with Crippen molar-refractivity contribution in [2.24, 2.45) is 0 Å². The van der Waals surface area contributed by atoms with Crippen LogP contribution in [0, 0.1) is 5.82 Å². The summed E-state index contributed by atoms with van der Waals surface area (Å²) in [5, 5.41) is 3.76. The SMILES string of the molecule is CS(=O)(=O)c1ccc(-n2nc(C(F)(F)F)cc2-c2ccc(-c3cocn3)c(Cl)c2)cc1F. The second kappa shape index (κ2) is 7.75. The first kappa shape index (κ1) is 22.0. The Morgan fingerprint density at radius 2 is 1.84 bits per heavy atom. The zero-order valence-electron chi connectivity index (χ0n) is 16.1. The molecule has 0 saturated carbocycles. The number of aromatic nitrogens is 3. The van der Waals surface area contributed by atoms with Crippen molar-refractivity contribution in [3.63, 3.8) is 0 Å². The summed E-state index contributed by atoms with van der Waals surface area (Å²) >= 11 is 6.30. The number of alkyl halides is 3. The molecule has 0 aliphatic heterocycles. The molecular weight excluding hydrogens is 474 g/mol. The van der Waals surface area contributed by atoms with Crippen molar-refractivity contribution in [2.45, 2.75) is 11.1 Å². The normalized spacial score (nSPS) is 12.3. The summed E-state index contributed by atoms with van der Waals surface area (Å²) in [4.78, 5) is 3.40. The Hall–Kier alpha value is -3.18. The van der Waals surface area contributed by atoms with Gasteiger partial charge in [0.05, 0.1) is 16.4 Å². The van der Waals surface area contributed by atoms with Gasteiger partial charge in [0.15, 0.2) is 21.9 Å². The zero-order valence-corrected chi connectivity index (χ0v) is 17.6. The fourth-order valence-electron chi connectivity index (χ4n) is 3.07. The van der Waals surface area contributed by atoms with Crippen molar-refractivity contribution < 1.29 is 30.4 Å². The zero-order chi connectivity index (χ0) is 23.3. The molecule has 0 radical (unpaired) electrons. The van der Waals surface area contributed by atoms with Crippen LogP contribution in [0.3, 0.4) is 0 Å². The maximum Gasteiger partial charge on any atom is 0.435 e. The van der Waals surface area contributed by atoms with Gasteiger partial charge in [-0.25, -0.2) is 22.5 Å². The molecule has 12 heteroatoms. The summed E-state index contributed by atoms with van der Waals surface area (Å²) in [5.74, 6) is -1.11. The molecule has 0 amide bonds. The van der Waals surface area contributed by atoms with Crippen LogP contribution in [0.2, 0.25) is 5.02 Å². The molecule has 6 nitrogen and oxygen atoms in total. The second-order valence-corrected chi connectivity index (χ2v) is 9.17. The van der Waals surface area contributed by atoms with Gasteiger partial charge in [-0.3, -0.25) is 0 Å². The number of hydrogen-bond donors (Lipinski definition) is 0. The molecule has 4 rings (SSSR count). The van der Waals surface area contributed by atoms with E-state index in [0.29, 0.717) is 11.3 Å². The highest BCUT2D eigenvalue weighted by Gasteiger charge is 2.35. The smallest absolute Gasteiger partial charge is 0.435 e. The third kappa shape index (κ3) is 4.13. The summed E-state index contributed by atoms with van der Waals surface area (Å²) in [6.45, 7) is 0. The van der Waals surface area contributed by atoms with Gasteiger partial charge in [0.25, 0.3) is 0 Å². The van der Waals surface area contributed by atoms with Crippen molar-refractivity contribution in [1.82, 2.24) is 14.8 Å². The molecule has 0 fully saturated rings. The number of halogens is 5. The van der Waals surface area contributed by atoms with Gasteiger partial charge in [-0.15, -0.1) is 0 Å². The third-order valence-corrected chi connectivity index (χ3v) is 5.98. The van der Waals surface area contributed by atoms with Gasteiger partial charge in [-0.05, 0) is 24.3 Å². The molecule has 2 heterocycles. The van der Waals surface area contributed by atoms with Crippen LogP contribution in [0.4, 0.5) is 17.6 Å². The number of sulfone groups is 1. The monoisotopic (exact) mass is 485 g/mol. The lowest BCUT2D eigenvalue weighted by molar-refractivity contribution is -0.141. The molecular formula is C20H12ClF4N3O3S. The van der Waals surface area contributed by atoms with Crippen LogP contribution in [-0.4, -0.2) is 29.4 Å². The van der Waals surface area contributed by atoms with Gasteiger partial charge in [0.1, 0.15) is 22.7 Å². The highest BCUT2D eigenvalue weighted by atomic mass is 35.5. The molecule has 0 unspecified atom stereocenters. The minimum Gasteiger partial charge on any atom is -0.451 e. The molecule has 2 aromatic carbocycles. The van der Waals surface area contributed by atoms with Crippen LogP contribution in [0.25, 0.3) is 28.2 Å². The van der Waals surface area contributed by atoms with E-state index in [1.165, 1.54) is 30.9 Å². The molecule has 166 valence electrons. The van der Waals surface area contributed by atoms with E-state index in [9.17, 15) is 26.0 Å². The Kier molecular flexibility index (Phi) is 5.33. The Morgan fingerprint density at radius 1 is 1.09 bits per heavy atom. The van der Waals surface area contributed by atoms with Crippen LogP contribution in [0.15, 0.2) is 64.4 Å². The lowest BCUT2D eigenvalue weighted by Crippen LogP contribution is -2.08. The largest absolute Gasteiger partial charge is 0.451 e. The molecule has 0 saturated heterocycles. The van der Waals surface area contributed by atoms with E-state index in [0.717, 1.165) is 29.1 Å². The van der Waals surface area contributed by atoms with Crippen molar-refractivity contribution in [3.8, 4) is 28.2 Å². The Balaban J connectivity index is 1.88. The Labute approximate surface area is 184 Å². The fourth-order valence-corrected chi connectivity index (χ4v) is 4.08. The van der Waals surface area contributed by atoms with Crippen molar-refractivity contribution in [2.75, 3.05) is 6.26 Å². The number of rotatable bonds is 4. The van der Waals surface area contributed by atoms with E-state index in [2.05, 4.69) is 10.1 Å². The Bertz CT molecular complexity index is 1410. The minimum atomic E-state index is -4.77. The van der Waals surface area contributed by atoms with E-state index < -0.39 is 32.4 Å². The van der Waals surface area contributed by atoms with E-state index >= 15 is 0 Å². The highest BCUT2D eigenvalue weighted by molar-refractivity contribution is 7.90. The Morgan fingerprint density at radius 3 is 2.41 bits per heavy atom. The van der Waals surface area contributed by atoms with Crippen LogP contribution < -0.4 is 0 Å². The van der Waals surface area contributed by atoms with Gasteiger partial charge in [0.2, 0.25) is 0 Å². The number of hydrogen-bond acceptors (Lipinski definition) is 5. The summed E-state index contributed by atoms with van der Waals surface area (Å²) in [6.07, 6.45) is -1.38. The average molecular weight is 486 g/mol. The first-order valence-corrected chi connectivity index (χ1v) is 11.1. The predicted octanol–water partition coefficient (Wildman–Crippen LogP) is 5.41. The molecule has 32 heavy (non-hydrogen) atoms. The van der Waals surface area contributed by atoms with E-state index in [-0.39, 0.29) is 22.0 Å². The summed E-state index contributed by atoms with van der Waals surface area (Å²) < 4.78 is 83.6. The molecule has 0 N–H and O–H groups in total. The lowest BCUT2D eigenvalue weighted by Gasteiger charge is -2.10. The average Bonchev–Trinajstić information content (AvgIpc) is 3.36. The second-order valence-electron chi connectivity index (χ2n) is 6.78. The number of benzene rings is 2.